The number of hydrogen-bond donors (Lipinski definition) is 2. The van der Waals surface area contributed by atoms with Crippen molar-refractivity contribution in [2.75, 3.05) is 5.32 Å². The Kier molecular flexibility index (Phi) is 4.71. The van der Waals surface area contributed by atoms with E-state index >= 15 is 0 Å². The van der Waals surface area contributed by atoms with Gasteiger partial charge in [-0.25, -0.2) is 4.39 Å². The smallest absolute Gasteiger partial charge is 0.224 e. The average Bonchev–Trinajstić information content (AvgIpc) is 2.21. The quantitative estimate of drug-likeness (QED) is 0.855. The standard InChI is InChI=1S/C11H14ClFN2O/c1-7(14)2-5-11(16)15-8-3-4-9(12)10(13)6-8/h3-4,6-7H,2,5,14H2,1H3,(H,15,16). The molecule has 88 valence electrons. The molecule has 0 fully saturated rings. The van der Waals surface area contributed by atoms with E-state index in [1.807, 2.05) is 6.92 Å². The van der Waals surface area contributed by atoms with Crippen molar-refractivity contribution in [3.63, 3.8) is 0 Å². The topological polar surface area (TPSA) is 55.1 Å². The number of amides is 1. The summed E-state index contributed by atoms with van der Waals surface area (Å²) in [5, 5.41) is 2.61. The molecule has 16 heavy (non-hydrogen) atoms. The maximum absolute atomic E-state index is 13.0. The highest BCUT2D eigenvalue weighted by Gasteiger charge is 2.06. The van der Waals surface area contributed by atoms with Gasteiger partial charge in [-0.15, -0.1) is 0 Å². The predicted molar refractivity (Wildman–Crippen MR) is 62.9 cm³/mol. The molecule has 3 N–H and O–H groups in total. The first-order valence-corrected chi connectivity index (χ1v) is 5.37. The first-order valence-electron chi connectivity index (χ1n) is 4.99. The van der Waals surface area contributed by atoms with Crippen molar-refractivity contribution in [2.24, 2.45) is 5.73 Å². The molecule has 0 spiro atoms. The number of hydrogen-bond acceptors (Lipinski definition) is 2. The van der Waals surface area contributed by atoms with Crippen LogP contribution in [0.3, 0.4) is 0 Å². The van der Waals surface area contributed by atoms with E-state index in [2.05, 4.69) is 5.32 Å². The van der Waals surface area contributed by atoms with E-state index in [4.69, 9.17) is 17.3 Å². The summed E-state index contributed by atoms with van der Waals surface area (Å²) in [7, 11) is 0. The highest BCUT2D eigenvalue weighted by atomic mass is 35.5. The fraction of sp³-hybridized carbons (Fsp3) is 0.364. The van der Waals surface area contributed by atoms with Crippen LogP contribution in [0.5, 0.6) is 0 Å². The second-order valence-corrected chi connectivity index (χ2v) is 4.10. The van der Waals surface area contributed by atoms with Crippen LogP contribution in [-0.4, -0.2) is 11.9 Å². The molecule has 0 aromatic heterocycles. The van der Waals surface area contributed by atoms with Gasteiger partial charge in [-0.2, -0.15) is 0 Å². The normalized spacial score (nSPS) is 12.2. The summed E-state index contributed by atoms with van der Waals surface area (Å²) in [6, 6.07) is 4.12. The SMILES string of the molecule is CC(N)CCC(=O)Nc1ccc(Cl)c(F)c1. The van der Waals surface area contributed by atoms with Gasteiger partial charge in [0.1, 0.15) is 5.82 Å². The van der Waals surface area contributed by atoms with Gasteiger partial charge in [0.2, 0.25) is 5.91 Å². The van der Waals surface area contributed by atoms with E-state index in [9.17, 15) is 9.18 Å². The molecule has 0 heterocycles. The highest BCUT2D eigenvalue weighted by Crippen LogP contribution is 2.18. The summed E-state index contributed by atoms with van der Waals surface area (Å²) in [6.07, 6.45) is 0.920. The van der Waals surface area contributed by atoms with Crippen LogP contribution < -0.4 is 11.1 Å². The lowest BCUT2D eigenvalue weighted by molar-refractivity contribution is -0.116. The summed E-state index contributed by atoms with van der Waals surface area (Å²) < 4.78 is 13.0. The van der Waals surface area contributed by atoms with Gasteiger partial charge in [0.05, 0.1) is 5.02 Å². The molecular weight excluding hydrogens is 231 g/mol. The number of carbonyl (C=O) groups is 1. The molecule has 0 saturated carbocycles. The second kappa shape index (κ2) is 5.82. The molecule has 0 radical (unpaired) electrons. The second-order valence-electron chi connectivity index (χ2n) is 3.69. The maximum atomic E-state index is 13.0. The molecular formula is C11H14ClFN2O. The Morgan fingerprint density at radius 1 is 1.62 bits per heavy atom. The largest absolute Gasteiger partial charge is 0.328 e. The maximum Gasteiger partial charge on any atom is 0.224 e. The number of benzene rings is 1. The molecule has 0 aliphatic heterocycles. The van der Waals surface area contributed by atoms with Crippen LogP contribution in [0.4, 0.5) is 10.1 Å². The van der Waals surface area contributed by atoms with Gasteiger partial charge in [0.15, 0.2) is 0 Å². The molecule has 1 atom stereocenters. The lowest BCUT2D eigenvalue weighted by atomic mass is 10.2. The third-order valence-corrected chi connectivity index (χ3v) is 2.34. The fourth-order valence-corrected chi connectivity index (χ4v) is 1.27. The fourth-order valence-electron chi connectivity index (χ4n) is 1.16. The number of rotatable bonds is 4. The Balaban J connectivity index is 2.53. The molecule has 1 amide bonds. The van der Waals surface area contributed by atoms with Crippen LogP contribution in [-0.2, 0) is 4.79 Å². The van der Waals surface area contributed by atoms with Crippen LogP contribution in [0.25, 0.3) is 0 Å². The van der Waals surface area contributed by atoms with Crippen molar-refractivity contribution < 1.29 is 9.18 Å². The number of nitrogens with one attached hydrogen (secondary N) is 1. The van der Waals surface area contributed by atoms with E-state index in [1.165, 1.54) is 12.1 Å². The molecule has 1 aromatic carbocycles. The van der Waals surface area contributed by atoms with Crippen molar-refractivity contribution in [2.45, 2.75) is 25.8 Å². The minimum Gasteiger partial charge on any atom is -0.328 e. The van der Waals surface area contributed by atoms with Gasteiger partial charge in [0.25, 0.3) is 0 Å². The van der Waals surface area contributed by atoms with Gasteiger partial charge in [-0.3, -0.25) is 4.79 Å². The van der Waals surface area contributed by atoms with Crippen LogP contribution >= 0.6 is 11.6 Å². The lowest BCUT2D eigenvalue weighted by Gasteiger charge is -2.07. The molecule has 3 nitrogen and oxygen atoms in total. The third-order valence-electron chi connectivity index (χ3n) is 2.03. The van der Waals surface area contributed by atoms with E-state index < -0.39 is 5.82 Å². The van der Waals surface area contributed by atoms with Crippen LogP contribution in [0.15, 0.2) is 18.2 Å². The molecule has 0 saturated heterocycles. The Bertz CT molecular complexity index is 382. The van der Waals surface area contributed by atoms with E-state index in [1.54, 1.807) is 6.07 Å². The van der Waals surface area contributed by atoms with Crippen LogP contribution in [0, 0.1) is 5.82 Å². The Labute approximate surface area is 98.8 Å². The van der Waals surface area contributed by atoms with Crippen molar-refractivity contribution in [1.82, 2.24) is 0 Å². The summed E-state index contributed by atoms with van der Waals surface area (Å²) in [5.41, 5.74) is 5.92. The average molecular weight is 245 g/mol. The minimum absolute atomic E-state index is 0.0206. The Morgan fingerprint density at radius 3 is 2.88 bits per heavy atom. The van der Waals surface area contributed by atoms with Gasteiger partial charge in [-0.1, -0.05) is 11.6 Å². The molecule has 0 aliphatic carbocycles. The number of halogens is 2. The lowest BCUT2D eigenvalue weighted by Crippen LogP contribution is -2.19. The number of carbonyl (C=O) groups excluding carboxylic acids is 1. The molecule has 0 aliphatic rings. The van der Waals surface area contributed by atoms with Crippen LogP contribution in [0.2, 0.25) is 5.02 Å². The molecule has 1 rings (SSSR count). The van der Waals surface area contributed by atoms with Crippen molar-refractivity contribution in [3.8, 4) is 0 Å². The van der Waals surface area contributed by atoms with Crippen LogP contribution in [0.1, 0.15) is 19.8 Å². The van der Waals surface area contributed by atoms with Gasteiger partial charge in [-0.05, 0) is 31.5 Å². The predicted octanol–water partition coefficient (Wildman–Crippen LogP) is 2.55. The molecule has 5 heteroatoms. The summed E-state index contributed by atoms with van der Waals surface area (Å²) in [4.78, 5) is 11.4. The van der Waals surface area contributed by atoms with E-state index in [0.717, 1.165) is 0 Å². The minimum atomic E-state index is -0.549. The zero-order chi connectivity index (χ0) is 12.1. The van der Waals surface area contributed by atoms with E-state index in [-0.39, 0.29) is 17.0 Å². The van der Waals surface area contributed by atoms with Gasteiger partial charge < -0.3 is 11.1 Å². The van der Waals surface area contributed by atoms with Crippen molar-refractivity contribution in [3.05, 3.63) is 29.0 Å². The van der Waals surface area contributed by atoms with Crippen molar-refractivity contribution in [1.29, 1.82) is 0 Å². The Hall–Kier alpha value is -1.13. The van der Waals surface area contributed by atoms with E-state index in [0.29, 0.717) is 18.5 Å². The number of anilines is 1. The zero-order valence-corrected chi connectivity index (χ0v) is 9.72. The summed E-state index contributed by atoms with van der Waals surface area (Å²) in [6.45, 7) is 1.83. The third kappa shape index (κ3) is 4.16. The monoisotopic (exact) mass is 244 g/mol. The molecule has 1 aromatic rings. The van der Waals surface area contributed by atoms with Gasteiger partial charge >= 0.3 is 0 Å². The van der Waals surface area contributed by atoms with Gasteiger partial charge in [0, 0.05) is 18.2 Å². The molecule has 0 bridgehead atoms. The zero-order valence-electron chi connectivity index (χ0n) is 8.97. The first kappa shape index (κ1) is 12.9. The highest BCUT2D eigenvalue weighted by molar-refractivity contribution is 6.30. The first-order chi connectivity index (χ1) is 7.49. The molecule has 1 unspecified atom stereocenters. The Morgan fingerprint density at radius 2 is 2.31 bits per heavy atom. The number of nitrogens with two attached hydrogens (primary N) is 1. The summed E-state index contributed by atoms with van der Waals surface area (Å²) >= 11 is 5.52. The summed E-state index contributed by atoms with van der Waals surface area (Å²) in [5.74, 6) is -0.731. The van der Waals surface area contributed by atoms with Crippen molar-refractivity contribution >= 4 is 23.2 Å².